The van der Waals surface area contributed by atoms with Gasteiger partial charge in [-0.25, -0.2) is 0 Å². The Morgan fingerprint density at radius 2 is 2.17 bits per heavy atom. The minimum Gasteiger partial charge on any atom is -0.481 e. The summed E-state index contributed by atoms with van der Waals surface area (Å²) in [5, 5.41) is 8.39. The molecule has 0 spiro atoms. The molecule has 0 amide bonds. The third kappa shape index (κ3) is 5.75. The van der Waals surface area contributed by atoms with E-state index < -0.39 is 5.97 Å². The summed E-state index contributed by atoms with van der Waals surface area (Å²) in [7, 11) is 4.00. The number of carboxylic acid groups (broad SMARTS) is 1. The Kier molecular flexibility index (Phi) is 4.38. The van der Waals surface area contributed by atoms with Crippen LogP contribution in [0, 0.1) is 12.3 Å². The Hall–Kier alpha value is -1.01. The fourth-order valence-electron chi connectivity index (χ4n) is 0.984. The summed E-state index contributed by atoms with van der Waals surface area (Å²) in [6, 6.07) is 0. The molecule has 0 bridgehead atoms. The third-order valence-electron chi connectivity index (χ3n) is 1.67. The first-order chi connectivity index (χ1) is 5.48. The number of hydrogen-bond donors (Lipinski definition) is 1. The van der Waals surface area contributed by atoms with Crippen LogP contribution in [0.25, 0.3) is 0 Å². The number of nitrogens with zero attached hydrogens (tertiary/aromatic N) is 1. The normalized spacial score (nSPS) is 10.8. The molecule has 0 saturated carbocycles. The lowest BCUT2D eigenvalue weighted by Crippen LogP contribution is -2.40. The van der Waals surface area contributed by atoms with Crippen molar-refractivity contribution in [3.8, 4) is 12.3 Å². The van der Waals surface area contributed by atoms with Gasteiger partial charge in [0.25, 0.3) is 0 Å². The van der Waals surface area contributed by atoms with Crippen LogP contribution in [0.3, 0.4) is 0 Å². The summed E-state index contributed by atoms with van der Waals surface area (Å²) in [6.45, 7) is 1.47. The van der Waals surface area contributed by atoms with Crippen LogP contribution in [-0.4, -0.2) is 42.7 Å². The van der Waals surface area contributed by atoms with E-state index in [1.807, 2.05) is 14.1 Å². The van der Waals surface area contributed by atoms with Gasteiger partial charge < -0.3 is 9.59 Å². The van der Waals surface area contributed by atoms with Crippen molar-refractivity contribution >= 4 is 5.97 Å². The first kappa shape index (κ1) is 11.0. The van der Waals surface area contributed by atoms with Gasteiger partial charge in [-0.1, -0.05) is 0 Å². The van der Waals surface area contributed by atoms with Crippen molar-refractivity contribution < 1.29 is 14.4 Å². The molecule has 0 saturated heterocycles. The minimum atomic E-state index is -0.740. The van der Waals surface area contributed by atoms with E-state index in [9.17, 15) is 4.79 Å². The van der Waals surface area contributed by atoms with Crippen molar-refractivity contribution in [3.05, 3.63) is 0 Å². The quantitative estimate of drug-likeness (QED) is 0.483. The topological polar surface area (TPSA) is 37.3 Å². The first-order valence-corrected chi connectivity index (χ1v) is 3.95. The van der Waals surface area contributed by atoms with Crippen LogP contribution in [-0.2, 0) is 4.79 Å². The molecule has 0 aliphatic heterocycles. The zero-order valence-electron chi connectivity index (χ0n) is 7.71. The predicted molar refractivity (Wildman–Crippen MR) is 47.5 cm³/mol. The lowest BCUT2D eigenvalue weighted by Gasteiger charge is -2.26. The van der Waals surface area contributed by atoms with Gasteiger partial charge in [-0.15, -0.1) is 6.42 Å². The molecule has 3 heteroatoms. The number of quaternary nitrogens is 1. The molecule has 0 fully saturated rings. The molecule has 0 aromatic rings. The second-order valence-electron chi connectivity index (χ2n) is 3.52. The van der Waals surface area contributed by atoms with Crippen LogP contribution in [0.15, 0.2) is 0 Å². The van der Waals surface area contributed by atoms with E-state index in [0.717, 1.165) is 6.54 Å². The number of rotatable bonds is 5. The van der Waals surface area contributed by atoms with Crippen molar-refractivity contribution in [2.75, 3.05) is 27.2 Å². The Morgan fingerprint density at radius 3 is 2.58 bits per heavy atom. The maximum Gasteiger partial charge on any atom is 0.303 e. The van der Waals surface area contributed by atoms with Crippen molar-refractivity contribution in [1.29, 1.82) is 0 Å². The van der Waals surface area contributed by atoms with Crippen molar-refractivity contribution in [3.63, 3.8) is 0 Å². The van der Waals surface area contributed by atoms with Crippen LogP contribution in [0.5, 0.6) is 0 Å². The lowest BCUT2D eigenvalue weighted by atomic mass is 10.3. The Morgan fingerprint density at radius 1 is 1.58 bits per heavy atom. The highest BCUT2D eigenvalue weighted by Crippen LogP contribution is 2.00. The smallest absolute Gasteiger partial charge is 0.303 e. The second-order valence-corrected chi connectivity index (χ2v) is 3.52. The van der Waals surface area contributed by atoms with E-state index in [-0.39, 0.29) is 6.42 Å². The highest BCUT2D eigenvalue weighted by atomic mass is 16.4. The van der Waals surface area contributed by atoms with Crippen LogP contribution in [0.2, 0.25) is 0 Å². The number of terminal acetylenes is 1. The van der Waals surface area contributed by atoms with Crippen molar-refractivity contribution in [2.45, 2.75) is 12.8 Å². The Bertz CT molecular complexity index is 191. The Labute approximate surface area is 73.6 Å². The molecule has 3 nitrogen and oxygen atoms in total. The van der Waals surface area contributed by atoms with E-state index in [4.69, 9.17) is 11.5 Å². The number of aliphatic carboxylic acids is 1. The van der Waals surface area contributed by atoms with Crippen LogP contribution < -0.4 is 0 Å². The fourth-order valence-corrected chi connectivity index (χ4v) is 0.984. The molecule has 0 aromatic heterocycles. The molecule has 0 aliphatic carbocycles. The average molecular weight is 170 g/mol. The maximum absolute atomic E-state index is 10.2. The summed E-state index contributed by atoms with van der Waals surface area (Å²) in [4.78, 5) is 10.2. The SMILES string of the molecule is C#CC[N+](C)(C)CCCC(=O)O. The summed E-state index contributed by atoms with van der Waals surface area (Å²) in [5.41, 5.74) is 0. The molecule has 0 radical (unpaired) electrons. The maximum atomic E-state index is 10.2. The Balaban J connectivity index is 3.62. The van der Waals surface area contributed by atoms with Gasteiger partial charge in [0.15, 0.2) is 0 Å². The molecule has 0 atom stereocenters. The van der Waals surface area contributed by atoms with E-state index in [1.165, 1.54) is 0 Å². The molecule has 0 aliphatic rings. The largest absolute Gasteiger partial charge is 0.481 e. The van der Waals surface area contributed by atoms with Crippen molar-refractivity contribution in [2.24, 2.45) is 0 Å². The third-order valence-corrected chi connectivity index (χ3v) is 1.67. The zero-order chi connectivity index (χ0) is 9.61. The van der Waals surface area contributed by atoms with Gasteiger partial charge in [0, 0.05) is 6.42 Å². The molecule has 68 valence electrons. The van der Waals surface area contributed by atoms with Crippen LogP contribution in [0.4, 0.5) is 0 Å². The number of carbonyl (C=O) groups is 1. The summed E-state index contributed by atoms with van der Waals surface area (Å²) < 4.78 is 0.698. The van der Waals surface area contributed by atoms with Gasteiger partial charge >= 0.3 is 5.97 Å². The van der Waals surface area contributed by atoms with Crippen LogP contribution >= 0.6 is 0 Å². The molecule has 0 heterocycles. The molecule has 1 N–H and O–H groups in total. The van der Waals surface area contributed by atoms with Crippen LogP contribution in [0.1, 0.15) is 12.8 Å². The standard InChI is InChI=1S/C9H15NO2/c1-4-7-10(2,3)8-5-6-9(11)12/h1H,5-8H2,2-3H3/p+1. The molecule has 0 rings (SSSR count). The fraction of sp³-hybridized carbons (Fsp3) is 0.667. The van der Waals surface area contributed by atoms with Gasteiger partial charge in [0.2, 0.25) is 0 Å². The average Bonchev–Trinajstić information content (AvgIpc) is 1.85. The van der Waals surface area contributed by atoms with Crippen molar-refractivity contribution in [1.82, 2.24) is 0 Å². The second kappa shape index (κ2) is 4.78. The predicted octanol–water partition coefficient (Wildman–Crippen LogP) is 0.561. The van der Waals surface area contributed by atoms with Gasteiger partial charge in [-0.2, -0.15) is 0 Å². The van der Waals surface area contributed by atoms with E-state index >= 15 is 0 Å². The summed E-state index contributed by atoms with van der Waals surface area (Å²) in [6.07, 6.45) is 6.08. The highest BCUT2D eigenvalue weighted by Gasteiger charge is 2.12. The van der Waals surface area contributed by atoms with Gasteiger partial charge in [-0.3, -0.25) is 4.79 Å². The highest BCUT2D eigenvalue weighted by molar-refractivity contribution is 5.66. The van der Waals surface area contributed by atoms with E-state index in [1.54, 1.807) is 0 Å². The first-order valence-electron chi connectivity index (χ1n) is 3.95. The van der Waals surface area contributed by atoms with Gasteiger partial charge in [0.05, 0.1) is 27.1 Å². The number of carboxylic acids is 1. The lowest BCUT2D eigenvalue weighted by molar-refractivity contribution is -0.883. The summed E-state index contributed by atoms with van der Waals surface area (Å²) >= 11 is 0. The van der Waals surface area contributed by atoms with Gasteiger partial charge in [0.1, 0.15) is 6.54 Å². The monoisotopic (exact) mass is 170 g/mol. The van der Waals surface area contributed by atoms with E-state index in [0.29, 0.717) is 17.4 Å². The van der Waals surface area contributed by atoms with E-state index in [2.05, 4.69) is 5.92 Å². The molecular weight excluding hydrogens is 154 g/mol. The minimum absolute atomic E-state index is 0.228. The molecule has 0 unspecified atom stereocenters. The number of hydrogen-bond acceptors (Lipinski definition) is 1. The molecule has 0 aromatic carbocycles. The summed E-state index contributed by atoms with van der Waals surface area (Å²) in [5.74, 6) is 1.83. The zero-order valence-corrected chi connectivity index (χ0v) is 7.71. The molecular formula is C9H16NO2+. The molecule has 12 heavy (non-hydrogen) atoms. The van der Waals surface area contributed by atoms with Gasteiger partial charge in [-0.05, 0) is 5.92 Å².